The Morgan fingerprint density at radius 1 is 1.24 bits per heavy atom. The molecule has 0 spiro atoms. The summed E-state index contributed by atoms with van der Waals surface area (Å²) in [5.74, 6) is 0. The summed E-state index contributed by atoms with van der Waals surface area (Å²) in [7, 11) is 0. The molecule has 2 rings (SSSR count). The van der Waals surface area contributed by atoms with Crippen molar-refractivity contribution in [3.05, 3.63) is 29.8 Å². The van der Waals surface area contributed by atoms with Gasteiger partial charge in [0.05, 0.1) is 0 Å². The van der Waals surface area contributed by atoms with E-state index < -0.39 is 0 Å². The van der Waals surface area contributed by atoms with Crippen LogP contribution in [0.5, 0.6) is 0 Å². The lowest BCUT2D eigenvalue weighted by Crippen LogP contribution is -2.25. The van der Waals surface area contributed by atoms with E-state index in [4.69, 9.17) is 12.2 Å². The maximum Gasteiger partial charge on any atom is 0.191 e. The van der Waals surface area contributed by atoms with Crippen LogP contribution in [0.15, 0.2) is 29.4 Å². The Morgan fingerprint density at radius 2 is 1.94 bits per heavy atom. The van der Waals surface area contributed by atoms with E-state index in [0.29, 0.717) is 5.11 Å². The lowest BCUT2D eigenvalue weighted by atomic mass is 10.2. The Labute approximate surface area is 107 Å². The predicted molar refractivity (Wildman–Crippen MR) is 76.4 cm³/mol. The van der Waals surface area contributed by atoms with Crippen molar-refractivity contribution >= 4 is 28.7 Å². The summed E-state index contributed by atoms with van der Waals surface area (Å²) in [6, 6.07) is 8.05. The van der Waals surface area contributed by atoms with Gasteiger partial charge in [0, 0.05) is 11.4 Å². The molecule has 1 aliphatic rings. The van der Waals surface area contributed by atoms with E-state index in [1.54, 1.807) is 0 Å². The Hall–Kier alpha value is -1.42. The molecule has 0 radical (unpaired) electrons. The standard InChI is InChI=1S/C13H17N3S/c1-10-6-2-5-9-12(10)14-13(17)16-15-11-7-3-4-8-11/h2,5-6,9H,3-4,7-8H2,1H3,(H2,14,16,17). The van der Waals surface area contributed by atoms with Crippen LogP contribution in [-0.2, 0) is 0 Å². The lowest BCUT2D eigenvalue weighted by Gasteiger charge is -2.09. The molecule has 0 bridgehead atoms. The highest BCUT2D eigenvalue weighted by Crippen LogP contribution is 2.14. The van der Waals surface area contributed by atoms with Crippen LogP contribution < -0.4 is 10.7 Å². The zero-order chi connectivity index (χ0) is 12.1. The van der Waals surface area contributed by atoms with Gasteiger partial charge in [-0.2, -0.15) is 5.10 Å². The molecule has 90 valence electrons. The molecule has 3 nitrogen and oxygen atoms in total. The molecule has 0 aromatic heterocycles. The minimum Gasteiger partial charge on any atom is -0.331 e. The summed E-state index contributed by atoms with van der Waals surface area (Å²) in [4.78, 5) is 0. The van der Waals surface area contributed by atoms with Crippen molar-refractivity contribution in [1.82, 2.24) is 5.43 Å². The van der Waals surface area contributed by atoms with Crippen molar-refractivity contribution < 1.29 is 0 Å². The summed E-state index contributed by atoms with van der Waals surface area (Å²) >= 11 is 5.20. The van der Waals surface area contributed by atoms with Gasteiger partial charge in [-0.25, -0.2) is 0 Å². The number of anilines is 1. The van der Waals surface area contributed by atoms with Crippen LogP contribution >= 0.6 is 12.2 Å². The fourth-order valence-electron chi connectivity index (χ4n) is 1.89. The third kappa shape index (κ3) is 3.53. The first kappa shape index (κ1) is 12.0. The van der Waals surface area contributed by atoms with E-state index in [1.807, 2.05) is 31.2 Å². The molecule has 1 aromatic rings. The van der Waals surface area contributed by atoms with Crippen molar-refractivity contribution in [2.45, 2.75) is 32.6 Å². The fraction of sp³-hybridized carbons (Fsp3) is 0.385. The number of rotatable bonds is 2. The smallest absolute Gasteiger partial charge is 0.191 e. The van der Waals surface area contributed by atoms with E-state index in [0.717, 1.165) is 18.5 Å². The second-order valence-corrected chi connectivity index (χ2v) is 4.67. The molecule has 2 N–H and O–H groups in total. The Morgan fingerprint density at radius 3 is 2.65 bits per heavy atom. The van der Waals surface area contributed by atoms with Crippen LogP contribution in [0.1, 0.15) is 31.2 Å². The van der Waals surface area contributed by atoms with Crippen molar-refractivity contribution in [1.29, 1.82) is 0 Å². The molecule has 0 atom stereocenters. The van der Waals surface area contributed by atoms with Crippen LogP contribution in [0, 0.1) is 6.92 Å². The average Bonchev–Trinajstić information content (AvgIpc) is 2.82. The third-order valence-electron chi connectivity index (χ3n) is 2.89. The molecule has 1 aromatic carbocycles. The molecule has 17 heavy (non-hydrogen) atoms. The minimum absolute atomic E-state index is 0.554. The fourth-order valence-corrected chi connectivity index (χ4v) is 2.04. The second kappa shape index (κ2) is 5.77. The molecule has 0 unspecified atom stereocenters. The van der Waals surface area contributed by atoms with E-state index in [9.17, 15) is 0 Å². The quantitative estimate of drug-likeness (QED) is 0.622. The molecular formula is C13H17N3S. The maximum absolute atomic E-state index is 5.20. The highest BCUT2D eigenvalue weighted by molar-refractivity contribution is 7.80. The minimum atomic E-state index is 0.554. The van der Waals surface area contributed by atoms with Crippen molar-refractivity contribution in [3.63, 3.8) is 0 Å². The number of hydrogen-bond donors (Lipinski definition) is 2. The molecular weight excluding hydrogens is 230 g/mol. The van der Waals surface area contributed by atoms with Gasteiger partial charge in [-0.05, 0) is 56.5 Å². The van der Waals surface area contributed by atoms with Crippen LogP contribution in [0.3, 0.4) is 0 Å². The summed E-state index contributed by atoms with van der Waals surface area (Å²) in [5, 5.41) is 8.01. The van der Waals surface area contributed by atoms with Crippen molar-refractivity contribution in [2.75, 3.05) is 5.32 Å². The van der Waals surface area contributed by atoms with Gasteiger partial charge in [0.15, 0.2) is 5.11 Å². The normalized spacial score (nSPS) is 14.5. The number of para-hydroxylation sites is 1. The van der Waals surface area contributed by atoms with Crippen LogP contribution in [0.4, 0.5) is 5.69 Å². The molecule has 4 heteroatoms. The molecule has 0 aliphatic heterocycles. The first-order chi connectivity index (χ1) is 8.25. The van der Waals surface area contributed by atoms with E-state index in [-0.39, 0.29) is 0 Å². The van der Waals surface area contributed by atoms with Gasteiger partial charge in [0.1, 0.15) is 0 Å². The Bertz CT molecular complexity index is 432. The maximum atomic E-state index is 5.20. The van der Waals surface area contributed by atoms with Gasteiger partial charge in [0.25, 0.3) is 0 Å². The second-order valence-electron chi connectivity index (χ2n) is 4.27. The van der Waals surface area contributed by atoms with Gasteiger partial charge in [-0.15, -0.1) is 0 Å². The van der Waals surface area contributed by atoms with Crippen molar-refractivity contribution in [2.24, 2.45) is 5.10 Å². The number of nitrogens with one attached hydrogen (secondary N) is 2. The summed E-state index contributed by atoms with van der Waals surface area (Å²) in [6.07, 6.45) is 4.69. The SMILES string of the molecule is Cc1ccccc1NC(=S)NN=C1CCCC1. The monoisotopic (exact) mass is 247 g/mol. The molecule has 0 heterocycles. The van der Waals surface area contributed by atoms with Gasteiger partial charge in [-0.1, -0.05) is 18.2 Å². The predicted octanol–water partition coefficient (Wildman–Crippen LogP) is 3.21. The largest absolute Gasteiger partial charge is 0.331 e. The van der Waals surface area contributed by atoms with Gasteiger partial charge in [-0.3, -0.25) is 5.43 Å². The van der Waals surface area contributed by atoms with E-state index in [2.05, 4.69) is 15.8 Å². The zero-order valence-corrected chi connectivity index (χ0v) is 10.8. The Kier molecular flexibility index (Phi) is 4.09. The molecule has 0 amide bonds. The van der Waals surface area contributed by atoms with Gasteiger partial charge in [0.2, 0.25) is 0 Å². The molecule has 1 aliphatic carbocycles. The van der Waals surface area contributed by atoms with E-state index in [1.165, 1.54) is 24.1 Å². The average molecular weight is 247 g/mol. The highest BCUT2D eigenvalue weighted by Gasteiger charge is 2.08. The summed E-state index contributed by atoms with van der Waals surface area (Å²) in [5.41, 5.74) is 6.33. The molecule has 1 fully saturated rings. The van der Waals surface area contributed by atoms with Gasteiger partial charge < -0.3 is 5.32 Å². The van der Waals surface area contributed by atoms with Crippen LogP contribution in [0.2, 0.25) is 0 Å². The highest BCUT2D eigenvalue weighted by atomic mass is 32.1. The van der Waals surface area contributed by atoms with Crippen molar-refractivity contribution in [3.8, 4) is 0 Å². The van der Waals surface area contributed by atoms with Crippen LogP contribution in [0.25, 0.3) is 0 Å². The molecule has 1 saturated carbocycles. The first-order valence-corrected chi connectivity index (χ1v) is 6.34. The number of benzene rings is 1. The number of thiocarbonyl (C=S) groups is 1. The number of hydrazone groups is 1. The zero-order valence-electron chi connectivity index (χ0n) is 9.99. The Balaban J connectivity index is 1.89. The number of aryl methyl sites for hydroxylation is 1. The third-order valence-corrected chi connectivity index (χ3v) is 3.08. The topological polar surface area (TPSA) is 36.4 Å². The summed E-state index contributed by atoms with van der Waals surface area (Å²) < 4.78 is 0. The molecule has 0 saturated heterocycles. The van der Waals surface area contributed by atoms with E-state index >= 15 is 0 Å². The lowest BCUT2D eigenvalue weighted by molar-refractivity contribution is 0.886. The van der Waals surface area contributed by atoms with Crippen LogP contribution in [-0.4, -0.2) is 10.8 Å². The number of nitrogens with zero attached hydrogens (tertiary/aromatic N) is 1. The first-order valence-electron chi connectivity index (χ1n) is 5.94. The van der Waals surface area contributed by atoms with Gasteiger partial charge >= 0.3 is 0 Å². The number of hydrogen-bond acceptors (Lipinski definition) is 2. The summed E-state index contributed by atoms with van der Waals surface area (Å²) in [6.45, 7) is 2.05.